The molecule has 0 saturated carbocycles. The van der Waals surface area contributed by atoms with Crippen molar-refractivity contribution in [1.29, 1.82) is 0 Å². The quantitative estimate of drug-likeness (QED) is 0.105. The van der Waals surface area contributed by atoms with Crippen LogP contribution in [0.5, 0.6) is 0 Å². The first-order valence-electron chi connectivity index (χ1n) is 13.5. The van der Waals surface area contributed by atoms with Crippen molar-refractivity contribution in [2.45, 2.75) is 123 Å². The summed E-state index contributed by atoms with van der Waals surface area (Å²) in [5, 5.41) is 0. The van der Waals surface area contributed by atoms with Gasteiger partial charge < -0.3 is 9.47 Å². The Bertz CT molecular complexity index is 398. The maximum Gasteiger partial charge on any atom is 0.0487 e. The average molecular weight is 435 g/mol. The van der Waals surface area contributed by atoms with Gasteiger partial charge in [0, 0.05) is 26.4 Å². The fraction of sp³-hybridized carbons (Fsp3) is 0.793. The lowest BCUT2D eigenvalue weighted by Crippen LogP contribution is -2.03. The Morgan fingerprint density at radius 3 is 1.35 bits per heavy atom. The monoisotopic (exact) mass is 434 g/mol. The maximum absolute atomic E-state index is 5.71. The molecular formula is C29H54O2. The fourth-order valence-corrected chi connectivity index (χ4v) is 3.38. The van der Waals surface area contributed by atoms with Gasteiger partial charge in [0.05, 0.1) is 0 Å². The molecule has 0 aromatic rings. The van der Waals surface area contributed by atoms with E-state index in [0.29, 0.717) is 0 Å². The Labute approximate surface area is 195 Å². The molecule has 182 valence electrons. The minimum Gasteiger partial charge on any atom is -0.381 e. The van der Waals surface area contributed by atoms with E-state index in [4.69, 9.17) is 9.47 Å². The molecule has 0 aromatic heterocycles. The van der Waals surface area contributed by atoms with E-state index in [2.05, 4.69) is 50.3 Å². The lowest BCUT2D eigenvalue weighted by atomic mass is 10.1. The van der Waals surface area contributed by atoms with Gasteiger partial charge in [-0.25, -0.2) is 0 Å². The topological polar surface area (TPSA) is 18.5 Å². The highest BCUT2D eigenvalue weighted by Crippen LogP contribution is 2.05. The van der Waals surface area contributed by atoms with Crippen molar-refractivity contribution in [3.8, 4) is 0 Å². The number of allylic oxidation sites excluding steroid dienone is 6. The lowest BCUT2D eigenvalue weighted by molar-refractivity contribution is 0.0795. The van der Waals surface area contributed by atoms with Gasteiger partial charge in [-0.2, -0.15) is 0 Å². The second kappa shape index (κ2) is 29.1. The molecule has 0 N–H and O–H groups in total. The zero-order valence-corrected chi connectivity index (χ0v) is 21.1. The molecule has 0 aromatic carbocycles. The summed E-state index contributed by atoms with van der Waals surface area (Å²) in [6, 6.07) is 0. The molecule has 0 spiro atoms. The van der Waals surface area contributed by atoms with Crippen molar-refractivity contribution in [3.63, 3.8) is 0 Å². The first-order valence-corrected chi connectivity index (χ1v) is 13.5. The van der Waals surface area contributed by atoms with E-state index < -0.39 is 0 Å². The zero-order chi connectivity index (χ0) is 22.5. The molecule has 2 heteroatoms. The second-order valence-electron chi connectivity index (χ2n) is 8.58. The maximum atomic E-state index is 5.71. The van der Waals surface area contributed by atoms with E-state index in [1.807, 2.05) is 0 Å². The number of hydrogen-bond donors (Lipinski definition) is 0. The van der Waals surface area contributed by atoms with Crippen molar-refractivity contribution in [2.75, 3.05) is 26.4 Å². The third-order valence-corrected chi connectivity index (χ3v) is 5.40. The molecule has 0 aliphatic carbocycles. The van der Waals surface area contributed by atoms with E-state index in [0.717, 1.165) is 45.7 Å². The van der Waals surface area contributed by atoms with Crippen LogP contribution in [-0.4, -0.2) is 26.4 Å². The van der Waals surface area contributed by atoms with Gasteiger partial charge in [-0.05, 0) is 57.8 Å². The number of ether oxygens (including phenoxy) is 2. The minimum atomic E-state index is 0.844. The second-order valence-corrected chi connectivity index (χ2v) is 8.58. The molecule has 0 bridgehead atoms. The predicted octanol–water partition coefficient (Wildman–Crippen LogP) is 9.36. The molecule has 0 saturated heterocycles. The van der Waals surface area contributed by atoms with Crippen LogP contribution in [0.15, 0.2) is 36.5 Å². The summed E-state index contributed by atoms with van der Waals surface area (Å²) in [5.74, 6) is 0. The van der Waals surface area contributed by atoms with Gasteiger partial charge in [0.25, 0.3) is 0 Å². The van der Waals surface area contributed by atoms with Gasteiger partial charge in [-0.3, -0.25) is 0 Å². The summed E-state index contributed by atoms with van der Waals surface area (Å²) in [4.78, 5) is 0. The average Bonchev–Trinajstić information content (AvgIpc) is 2.78. The van der Waals surface area contributed by atoms with Crippen LogP contribution in [0.3, 0.4) is 0 Å². The summed E-state index contributed by atoms with van der Waals surface area (Å²) in [5.41, 5.74) is 0. The summed E-state index contributed by atoms with van der Waals surface area (Å²) in [6.45, 7) is 8.03. The highest BCUT2D eigenvalue weighted by molar-refractivity contribution is 4.97. The molecule has 2 nitrogen and oxygen atoms in total. The third kappa shape index (κ3) is 29.1. The predicted molar refractivity (Wildman–Crippen MR) is 139 cm³/mol. The van der Waals surface area contributed by atoms with Crippen LogP contribution < -0.4 is 0 Å². The molecule has 0 atom stereocenters. The van der Waals surface area contributed by atoms with Crippen molar-refractivity contribution >= 4 is 0 Å². The van der Waals surface area contributed by atoms with E-state index in [9.17, 15) is 0 Å². The summed E-state index contributed by atoms with van der Waals surface area (Å²) < 4.78 is 11.4. The van der Waals surface area contributed by atoms with Crippen molar-refractivity contribution in [3.05, 3.63) is 36.5 Å². The van der Waals surface area contributed by atoms with Crippen LogP contribution in [0.25, 0.3) is 0 Å². The van der Waals surface area contributed by atoms with Gasteiger partial charge >= 0.3 is 0 Å². The smallest absolute Gasteiger partial charge is 0.0487 e. The van der Waals surface area contributed by atoms with Crippen LogP contribution in [-0.2, 0) is 9.47 Å². The number of unbranched alkanes of at least 4 members (excludes halogenated alkanes) is 11. The summed E-state index contributed by atoms with van der Waals surface area (Å²) in [6.07, 6.45) is 35.1. The fourth-order valence-electron chi connectivity index (χ4n) is 3.38. The lowest BCUT2D eigenvalue weighted by Gasteiger charge is -2.06. The largest absolute Gasteiger partial charge is 0.381 e. The Balaban J connectivity index is 3.16. The van der Waals surface area contributed by atoms with Crippen LogP contribution in [0.2, 0.25) is 0 Å². The van der Waals surface area contributed by atoms with Gasteiger partial charge in [0.2, 0.25) is 0 Å². The minimum absolute atomic E-state index is 0.844. The van der Waals surface area contributed by atoms with Crippen LogP contribution >= 0.6 is 0 Å². The Hall–Kier alpha value is -0.860. The van der Waals surface area contributed by atoms with Crippen molar-refractivity contribution in [1.82, 2.24) is 0 Å². The Morgan fingerprint density at radius 2 is 0.774 bits per heavy atom. The molecular weight excluding hydrogens is 380 g/mol. The van der Waals surface area contributed by atoms with E-state index >= 15 is 0 Å². The van der Waals surface area contributed by atoms with Crippen molar-refractivity contribution in [2.24, 2.45) is 0 Å². The molecule has 0 fully saturated rings. The van der Waals surface area contributed by atoms with Crippen LogP contribution in [0, 0.1) is 0 Å². The highest BCUT2D eigenvalue weighted by atomic mass is 16.5. The SMILES string of the molecule is CCCCCC=CCC=CCC=CCCCCCOCCCOCCCCCCCC. The van der Waals surface area contributed by atoms with Crippen LogP contribution in [0.1, 0.15) is 123 Å². The molecule has 0 radical (unpaired) electrons. The van der Waals surface area contributed by atoms with Gasteiger partial charge in [-0.15, -0.1) is 0 Å². The summed E-state index contributed by atoms with van der Waals surface area (Å²) in [7, 11) is 0. The zero-order valence-electron chi connectivity index (χ0n) is 21.1. The number of rotatable bonds is 25. The molecule has 0 unspecified atom stereocenters. The Kier molecular flexibility index (Phi) is 28.3. The van der Waals surface area contributed by atoms with Gasteiger partial charge in [0.1, 0.15) is 0 Å². The molecule has 0 aliphatic heterocycles. The standard InChI is InChI=1S/C29H54O2/c1-3-5-7-9-11-12-13-14-15-16-17-18-19-20-22-24-27-31-29-25-28-30-26-23-21-10-8-6-4-2/h11-12,14-15,17-18H,3-10,13,16,19-29H2,1-2H3. The van der Waals surface area contributed by atoms with E-state index in [1.165, 1.54) is 89.9 Å². The first-order chi connectivity index (χ1) is 15.4. The molecule has 0 heterocycles. The van der Waals surface area contributed by atoms with E-state index in [-0.39, 0.29) is 0 Å². The molecule has 31 heavy (non-hydrogen) atoms. The first kappa shape index (κ1) is 30.1. The normalized spacial score (nSPS) is 12.2. The molecule has 0 amide bonds. The number of hydrogen-bond acceptors (Lipinski definition) is 2. The molecule has 0 aliphatic rings. The van der Waals surface area contributed by atoms with E-state index in [1.54, 1.807) is 0 Å². The third-order valence-electron chi connectivity index (χ3n) is 5.40. The summed E-state index contributed by atoms with van der Waals surface area (Å²) >= 11 is 0. The Morgan fingerprint density at radius 1 is 0.387 bits per heavy atom. The molecule has 0 rings (SSSR count). The van der Waals surface area contributed by atoms with Gasteiger partial charge in [0.15, 0.2) is 0 Å². The van der Waals surface area contributed by atoms with Crippen LogP contribution in [0.4, 0.5) is 0 Å². The van der Waals surface area contributed by atoms with Crippen molar-refractivity contribution < 1.29 is 9.47 Å². The highest BCUT2D eigenvalue weighted by Gasteiger charge is 1.93. The van der Waals surface area contributed by atoms with Gasteiger partial charge in [-0.1, -0.05) is 102 Å².